The smallest absolute Gasteiger partial charge is 0.239 e. The van der Waals surface area contributed by atoms with Crippen LogP contribution < -0.4 is 20.9 Å². The van der Waals surface area contributed by atoms with Crippen molar-refractivity contribution in [1.29, 1.82) is 0 Å². The van der Waals surface area contributed by atoms with Crippen LogP contribution in [0.25, 0.3) is 11.3 Å². The van der Waals surface area contributed by atoms with Gasteiger partial charge in [-0.1, -0.05) is 24.3 Å². The van der Waals surface area contributed by atoms with Gasteiger partial charge in [0, 0.05) is 55.9 Å². The zero-order chi connectivity index (χ0) is 27.0. The average Bonchev–Trinajstić information content (AvgIpc) is 2.96. The first-order valence-electron chi connectivity index (χ1n) is 13.5. The minimum Gasteiger partial charge on any atom is -0.394 e. The summed E-state index contributed by atoms with van der Waals surface area (Å²) in [5.74, 6) is 0.308. The Morgan fingerprint density at radius 2 is 1.87 bits per heavy atom. The molecule has 3 aliphatic heterocycles. The molecular formula is C29H37N7O3. The molecule has 1 atom stereocenters. The summed E-state index contributed by atoms with van der Waals surface area (Å²) in [6.45, 7) is 5.30. The van der Waals surface area contributed by atoms with Crippen molar-refractivity contribution in [3.8, 4) is 11.3 Å². The van der Waals surface area contributed by atoms with E-state index in [4.69, 9.17) is 9.72 Å². The number of ether oxygens (including phenoxy) is 1. The summed E-state index contributed by atoms with van der Waals surface area (Å²) >= 11 is 0. The first-order valence-corrected chi connectivity index (χ1v) is 13.5. The number of aromatic nitrogens is 2. The maximum Gasteiger partial charge on any atom is 0.239 e. The van der Waals surface area contributed by atoms with Gasteiger partial charge in [0.15, 0.2) is 0 Å². The van der Waals surface area contributed by atoms with Gasteiger partial charge in [-0.25, -0.2) is 9.97 Å². The predicted molar refractivity (Wildman–Crippen MR) is 152 cm³/mol. The van der Waals surface area contributed by atoms with E-state index in [1.807, 2.05) is 12.1 Å². The highest BCUT2D eigenvalue weighted by atomic mass is 16.5. The Morgan fingerprint density at radius 1 is 1.05 bits per heavy atom. The van der Waals surface area contributed by atoms with Crippen molar-refractivity contribution in [2.75, 3.05) is 63.3 Å². The SMILES string of the molecule is CN1CCCNC(=O)[C@H](CO)NCc2cc(cc(N3CCOCC3)c2)Nc2nccc(n2)-c2ccc(cc2)C1. The molecule has 206 valence electrons. The first kappa shape index (κ1) is 27.0. The summed E-state index contributed by atoms with van der Waals surface area (Å²) in [4.78, 5) is 26.5. The number of hydrogen-bond acceptors (Lipinski definition) is 9. The van der Waals surface area contributed by atoms with Crippen LogP contribution in [0.2, 0.25) is 0 Å². The fourth-order valence-corrected chi connectivity index (χ4v) is 4.90. The van der Waals surface area contributed by atoms with Crippen LogP contribution >= 0.6 is 0 Å². The average molecular weight is 532 g/mol. The van der Waals surface area contributed by atoms with Crippen molar-refractivity contribution in [1.82, 2.24) is 25.5 Å². The Bertz CT molecular complexity index is 1250. The van der Waals surface area contributed by atoms with E-state index in [-0.39, 0.29) is 12.5 Å². The molecule has 1 amide bonds. The normalized spacial score (nSPS) is 19.6. The molecule has 10 nitrogen and oxygen atoms in total. The van der Waals surface area contributed by atoms with E-state index in [0.717, 1.165) is 60.8 Å². The van der Waals surface area contributed by atoms with E-state index < -0.39 is 6.04 Å². The predicted octanol–water partition coefficient (Wildman–Crippen LogP) is 2.13. The Hall–Kier alpha value is -3.57. The van der Waals surface area contributed by atoms with Crippen LogP contribution in [0.1, 0.15) is 17.5 Å². The van der Waals surface area contributed by atoms with E-state index in [9.17, 15) is 9.90 Å². The lowest BCUT2D eigenvalue weighted by Crippen LogP contribution is -2.46. The van der Waals surface area contributed by atoms with Crippen LogP contribution in [0.4, 0.5) is 17.3 Å². The Kier molecular flexibility index (Phi) is 9.00. The van der Waals surface area contributed by atoms with Crippen molar-refractivity contribution in [3.05, 3.63) is 65.9 Å². The minimum atomic E-state index is -0.696. The van der Waals surface area contributed by atoms with Crippen LogP contribution in [0.5, 0.6) is 0 Å². The number of nitrogens with one attached hydrogen (secondary N) is 3. The number of benzene rings is 2. The number of hydrogen-bond donors (Lipinski definition) is 4. The summed E-state index contributed by atoms with van der Waals surface area (Å²) in [7, 11) is 2.07. The number of anilines is 3. The molecule has 1 saturated heterocycles. The van der Waals surface area contributed by atoms with Gasteiger partial charge in [0.25, 0.3) is 0 Å². The maximum absolute atomic E-state index is 12.8. The molecule has 4 N–H and O–H groups in total. The molecule has 0 unspecified atom stereocenters. The highest BCUT2D eigenvalue weighted by Crippen LogP contribution is 2.26. The Balaban J connectivity index is 1.46. The maximum atomic E-state index is 12.8. The summed E-state index contributed by atoms with van der Waals surface area (Å²) in [5.41, 5.74) is 5.97. The number of aliphatic hydroxyl groups excluding tert-OH is 1. The number of amides is 1. The number of carbonyl (C=O) groups excluding carboxylic acids is 1. The third-order valence-corrected chi connectivity index (χ3v) is 7.04. The molecule has 0 radical (unpaired) electrons. The summed E-state index contributed by atoms with van der Waals surface area (Å²) in [6.07, 6.45) is 2.58. The van der Waals surface area contributed by atoms with Crippen molar-refractivity contribution in [2.24, 2.45) is 0 Å². The van der Waals surface area contributed by atoms with Gasteiger partial charge in [-0.2, -0.15) is 0 Å². The first-order chi connectivity index (χ1) is 19.1. The molecule has 0 aliphatic carbocycles. The molecular weight excluding hydrogens is 494 g/mol. The van der Waals surface area contributed by atoms with Gasteiger partial charge in [-0.3, -0.25) is 10.1 Å². The van der Waals surface area contributed by atoms with Gasteiger partial charge >= 0.3 is 0 Å². The molecule has 3 aromatic rings. The number of rotatable bonds is 2. The molecule has 0 spiro atoms. The molecule has 1 aromatic heterocycles. The molecule has 1 fully saturated rings. The van der Waals surface area contributed by atoms with Gasteiger partial charge in [0.05, 0.1) is 25.5 Å². The van der Waals surface area contributed by atoms with Crippen LogP contribution in [-0.4, -0.2) is 85.0 Å². The van der Waals surface area contributed by atoms with Gasteiger partial charge in [0.2, 0.25) is 11.9 Å². The van der Waals surface area contributed by atoms with Gasteiger partial charge < -0.3 is 30.3 Å². The van der Waals surface area contributed by atoms with Crippen molar-refractivity contribution in [2.45, 2.75) is 25.6 Å². The van der Waals surface area contributed by atoms with E-state index in [1.165, 1.54) is 5.56 Å². The van der Waals surface area contributed by atoms with Gasteiger partial charge in [0.1, 0.15) is 6.04 Å². The molecule has 6 rings (SSSR count). The van der Waals surface area contributed by atoms with E-state index in [0.29, 0.717) is 32.3 Å². The molecule has 0 saturated carbocycles. The fourth-order valence-electron chi connectivity index (χ4n) is 4.90. The van der Waals surface area contributed by atoms with Crippen molar-refractivity contribution in [3.63, 3.8) is 0 Å². The number of aliphatic hydroxyl groups is 1. The fraction of sp³-hybridized carbons (Fsp3) is 0.414. The molecule has 3 aliphatic rings. The highest BCUT2D eigenvalue weighted by Gasteiger charge is 2.18. The second-order valence-electron chi connectivity index (χ2n) is 10.1. The lowest BCUT2D eigenvalue weighted by atomic mass is 10.1. The number of nitrogens with zero attached hydrogens (tertiary/aromatic N) is 4. The van der Waals surface area contributed by atoms with Crippen molar-refractivity contribution < 1.29 is 14.6 Å². The van der Waals surface area contributed by atoms with Crippen LogP contribution in [-0.2, 0) is 22.6 Å². The number of morpholine rings is 1. The zero-order valence-electron chi connectivity index (χ0n) is 22.4. The van der Waals surface area contributed by atoms with E-state index >= 15 is 0 Å². The molecule has 2 aromatic carbocycles. The zero-order valence-corrected chi connectivity index (χ0v) is 22.4. The second-order valence-corrected chi connectivity index (χ2v) is 10.1. The van der Waals surface area contributed by atoms with Gasteiger partial charge in [-0.15, -0.1) is 0 Å². The largest absolute Gasteiger partial charge is 0.394 e. The summed E-state index contributed by atoms with van der Waals surface area (Å²) in [6, 6.07) is 15.9. The third kappa shape index (κ3) is 7.30. The summed E-state index contributed by atoms with van der Waals surface area (Å²) < 4.78 is 5.55. The van der Waals surface area contributed by atoms with Crippen LogP contribution in [0.15, 0.2) is 54.7 Å². The monoisotopic (exact) mass is 531 g/mol. The van der Waals surface area contributed by atoms with E-state index in [1.54, 1.807) is 6.20 Å². The minimum absolute atomic E-state index is 0.200. The van der Waals surface area contributed by atoms with Crippen molar-refractivity contribution >= 4 is 23.2 Å². The quantitative estimate of drug-likeness (QED) is 0.395. The van der Waals surface area contributed by atoms with Gasteiger partial charge in [-0.05, 0) is 55.4 Å². The Morgan fingerprint density at radius 3 is 2.67 bits per heavy atom. The molecule has 4 heterocycles. The highest BCUT2D eigenvalue weighted by molar-refractivity contribution is 5.81. The second kappa shape index (κ2) is 13.0. The van der Waals surface area contributed by atoms with Crippen LogP contribution in [0, 0.1) is 0 Å². The topological polar surface area (TPSA) is 115 Å². The Labute approximate surface area is 229 Å². The number of fused-ring (bicyclic) bond motifs is 11. The lowest BCUT2D eigenvalue weighted by molar-refractivity contribution is -0.124. The molecule has 39 heavy (non-hydrogen) atoms. The van der Waals surface area contributed by atoms with E-state index in [2.05, 4.69) is 74.2 Å². The van der Waals surface area contributed by atoms with Crippen LogP contribution in [0.3, 0.4) is 0 Å². The lowest BCUT2D eigenvalue weighted by Gasteiger charge is -2.30. The third-order valence-electron chi connectivity index (χ3n) is 7.04. The molecule has 6 bridgehead atoms. The standard InChI is InChI=1S/C29H37N7O3/c1-35-10-2-8-30-28(38)27(20-37)32-18-22-15-24(17-25(16-22)36-11-13-39-14-12-36)33-29-31-9-7-26(34-29)23-5-3-21(19-35)4-6-23/h3-7,9,15-17,27,32,37H,2,8,10-14,18-20H2,1H3,(H,30,38)(H,31,33,34)/t27-/m0/s1. The summed E-state index contributed by atoms with van der Waals surface area (Å²) in [5, 5.41) is 19.5. The molecule has 10 heteroatoms. The number of carbonyl (C=O) groups is 1.